The van der Waals surface area contributed by atoms with Crippen LogP contribution in [0.15, 0.2) is 59.5 Å². The van der Waals surface area contributed by atoms with E-state index < -0.39 is 22.2 Å². The zero-order valence-corrected chi connectivity index (χ0v) is 20.7. The van der Waals surface area contributed by atoms with Crippen molar-refractivity contribution in [3.63, 3.8) is 0 Å². The van der Waals surface area contributed by atoms with E-state index in [0.29, 0.717) is 31.7 Å². The van der Waals surface area contributed by atoms with Crippen molar-refractivity contribution in [2.45, 2.75) is 42.4 Å². The van der Waals surface area contributed by atoms with Crippen molar-refractivity contribution < 1.29 is 27.8 Å². The molecule has 1 amide bonds. The van der Waals surface area contributed by atoms with E-state index in [-0.39, 0.29) is 29.9 Å². The lowest BCUT2D eigenvalue weighted by atomic mass is 9.97. The van der Waals surface area contributed by atoms with E-state index in [0.717, 1.165) is 18.8 Å². The highest BCUT2D eigenvalue weighted by molar-refractivity contribution is 7.89. The zero-order valence-electron chi connectivity index (χ0n) is 19.9. The van der Waals surface area contributed by atoms with Gasteiger partial charge in [0.1, 0.15) is 5.75 Å². The molecule has 35 heavy (non-hydrogen) atoms. The van der Waals surface area contributed by atoms with Crippen molar-refractivity contribution in [2.75, 3.05) is 44.8 Å². The summed E-state index contributed by atoms with van der Waals surface area (Å²) in [5, 5.41) is 9.86. The van der Waals surface area contributed by atoms with Gasteiger partial charge in [-0.2, -0.15) is 0 Å². The molecule has 0 spiro atoms. The number of aliphatic hydroxyl groups is 1. The number of piperazine rings is 1. The molecule has 4 rings (SSSR count). The molecule has 2 saturated heterocycles. The van der Waals surface area contributed by atoms with Crippen LogP contribution in [0.5, 0.6) is 5.75 Å². The van der Waals surface area contributed by atoms with Gasteiger partial charge >= 0.3 is 0 Å². The van der Waals surface area contributed by atoms with Gasteiger partial charge in [0.05, 0.1) is 43.3 Å². The fraction of sp³-hybridized carbons (Fsp3) is 0.480. The molecule has 0 aliphatic carbocycles. The van der Waals surface area contributed by atoms with Crippen molar-refractivity contribution in [3.8, 4) is 5.75 Å². The molecule has 2 aromatic carbocycles. The van der Waals surface area contributed by atoms with Crippen LogP contribution in [0, 0.1) is 0 Å². The van der Waals surface area contributed by atoms with Crippen LogP contribution in [-0.4, -0.2) is 82.5 Å². The number of benzene rings is 2. The third-order valence-corrected chi connectivity index (χ3v) is 8.13. The predicted octanol–water partition coefficient (Wildman–Crippen LogP) is 1.62. The maximum Gasteiger partial charge on any atom is 0.240 e. The molecule has 2 heterocycles. The largest absolute Gasteiger partial charge is 0.497 e. The quantitative estimate of drug-likeness (QED) is 0.564. The lowest BCUT2D eigenvalue weighted by Crippen LogP contribution is -2.52. The molecule has 190 valence electrons. The van der Waals surface area contributed by atoms with Crippen LogP contribution < -0.4 is 14.4 Å². The van der Waals surface area contributed by atoms with E-state index in [1.807, 2.05) is 23.1 Å². The molecule has 3 atom stereocenters. The summed E-state index contributed by atoms with van der Waals surface area (Å²) in [4.78, 5) is 17.1. The molecule has 9 nitrogen and oxygen atoms in total. The maximum absolute atomic E-state index is 12.9. The Bertz CT molecular complexity index is 1070. The number of aliphatic hydroxyl groups excluding tert-OH is 1. The normalized spacial score (nSPS) is 23.2. The number of amides is 1. The summed E-state index contributed by atoms with van der Waals surface area (Å²) in [6.07, 6.45) is 0.153. The molecule has 2 fully saturated rings. The molecule has 2 aromatic rings. The number of nitrogens with zero attached hydrogens (tertiary/aromatic N) is 2. The molecule has 0 saturated carbocycles. The average Bonchev–Trinajstić information content (AvgIpc) is 2.90. The van der Waals surface area contributed by atoms with Crippen LogP contribution >= 0.6 is 0 Å². The van der Waals surface area contributed by atoms with E-state index in [1.165, 1.54) is 19.2 Å². The van der Waals surface area contributed by atoms with Gasteiger partial charge < -0.3 is 24.4 Å². The first kappa shape index (κ1) is 25.4. The van der Waals surface area contributed by atoms with Crippen molar-refractivity contribution in [1.29, 1.82) is 0 Å². The van der Waals surface area contributed by atoms with Crippen LogP contribution in [0.3, 0.4) is 0 Å². The first-order valence-corrected chi connectivity index (χ1v) is 13.4. The van der Waals surface area contributed by atoms with Gasteiger partial charge in [0.2, 0.25) is 15.9 Å². The summed E-state index contributed by atoms with van der Waals surface area (Å²) < 4.78 is 39.3. The second kappa shape index (κ2) is 11.4. The minimum atomic E-state index is -3.79. The standard InChI is InChI=1S/C25H33N3O6S/c1-33-20-7-10-22(11-8-20)35(31,32)26-23-12-9-21(34-24(23)18-29)17-25(30)28-15-13-27(14-16-28)19-5-3-2-4-6-19/h2-8,10-11,21,23-24,26,29H,9,12-18H2,1H3/t21-,23+,24-/m0/s1. The zero-order chi connectivity index (χ0) is 24.8. The number of carbonyl (C=O) groups excluding carboxylic acids is 1. The van der Waals surface area contributed by atoms with Crippen LogP contribution in [0.1, 0.15) is 19.3 Å². The second-order valence-corrected chi connectivity index (χ2v) is 10.6. The number of para-hydroxylation sites is 1. The summed E-state index contributed by atoms with van der Waals surface area (Å²) in [5.74, 6) is 0.587. The summed E-state index contributed by atoms with van der Waals surface area (Å²) >= 11 is 0. The van der Waals surface area contributed by atoms with E-state index >= 15 is 0 Å². The van der Waals surface area contributed by atoms with Crippen LogP contribution in [0.2, 0.25) is 0 Å². The number of nitrogens with one attached hydrogen (secondary N) is 1. The van der Waals surface area contributed by atoms with Gasteiger partial charge in [0, 0.05) is 31.9 Å². The van der Waals surface area contributed by atoms with E-state index in [4.69, 9.17) is 9.47 Å². The fourth-order valence-corrected chi connectivity index (χ4v) is 5.91. The van der Waals surface area contributed by atoms with Crippen molar-refractivity contribution in [1.82, 2.24) is 9.62 Å². The third kappa shape index (κ3) is 6.32. The summed E-state index contributed by atoms with van der Waals surface area (Å²) in [6.45, 7) is 2.50. The topological polar surface area (TPSA) is 108 Å². The SMILES string of the molecule is COc1ccc(S(=O)(=O)N[C@@H]2CC[C@@H](CC(=O)N3CCN(c4ccccc4)CC3)O[C@H]2CO)cc1. The number of hydrogen-bond donors (Lipinski definition) is 2. The third-order valence-electron chi connectivity index (χ3n) is 6.63. The summed E-state index contributed by atoms with van der Waals surface area (Å²) in [6, 6.07) is 15.7. The highest BCUT2D eigenvalue weighted by Gasteiger charge is 2.35. The minimum Gasteiger partial charge on any atom is -0.497 e. The number of anilines is 1. The van der Waals surface area contributed by atoms with Gasteiger partial charge in [-0.1, -0.05) is 18.2 Å². The van der Waals surface area contributed by atoms with E-state index in [9.17, 15) is 18.3 Å². The minimum absolute atomic E-state index is 0.0247. The number of sulfonamides is 1. The van der Waals surface area contributed by atoms with Crippen LogP contribution in [0.4, 0.5) is 5.69 Å². The van der Waals surface area contributed by atoms with Gasteiger partial charge in [-0.25, -0.2) is 13.1 Å². The molecule has 0 aromatic heterocycles. The Morgan fingerprint density at radius 2 is 1.74 bits per heavy atom. The van der Waals surface area contributed by atoms with Gasteiger partial charge in [0.25, 0.3) is 0 Å². The Morgan fingerprint density at radius 3 is 2.37 bits per heavy atom. The first-order valence-electron chi connectivity index (χ1n) is 11.9. The van der Waals surface area contributed by atoms with Crippen LogP contribution in [0.25, 0.3) is 0 Å². The molecular weight excluding hydrogens is 470 g/mol. The second-order valence-electron chi connectivity index (χ2n) is 8.87. The number of rotatable bonds is 8. The average molecular weight is 504 g/mol. The Morgan fingerprint density at radius 1 is 1.06 bits per heavy atom. The molecule has 2 N–H and O–H groups in total. The fourth-order valence-electron chi connectivity index (χ4n) is 4.62. The van der Waals surface area contributed by atoms with E-state index in [1.54, 1.807) is 12.1 Å². The summed E-state index contributed by atoms with van der Waals surface area (Å²) in [7, 11) is -2.28. The lowest BCUT2D eigenvalue weighted by molar-refractivity contribution is -0.140. The molecule has 0 radical (unpaired) electrons. The molecule has 2 aliphatic rings. The Kier molecular flexibility index (Phi) is 8.27. The number of hydrogen-bond acceptors (Lipinski definition) is 7. The first-order chi connectivity index (χ1) is 16.9. The molecule has 10 heteroatoms. The number of methoxy groups -OCH3 is 1. The highest BCUT2D eigenvalue weighted by atomic mass is 32.2. The van der Waals surface area contributed by atoms with Gasteiger partial charge in [0.15, 0.2) is 0 Å². The van der Waals surface area contributed by atoms with E-state index in [2.05, 4.69) is 21.8 Å². The molecule has 0 unspecified atom stereocenters. The smallest absolute Gasteiger partial charge is 0.240 e. The highest BCUT2D eigenvalue weighted by Crippen LogP contribution is 2.25. The van der Waals surface area contributed by atoms with Crippen molar-refractivity contribution in [2.24, 2.45) is 0 Å². The van der Waals surface area contributed by atoms with Gasteiger partial charge in [-0.15, -0.1) is 0 Å². The Labute approximate surface area is 206 Å². The van der Waals surface area contributed by atoms with Gasteiger partial charge in [-0.05, 0) is 49.2 Å². The maximum atomic E-state index is 12.9. The molecule has 2 aliphatic heterocycles. The molecule has 0 bridgehead atoms. The lowest BCUT2D eigenvalue weighted by Gasteiger charge is -2.38. The van der Waals surface area contributed by atoms with Crippen LogP contribution in [-0.2, 0) is 19.6 Å². The monoisotopic (exact) mass is 503 g/mol. The number of ether oxygens (including phenoxy) is 2. The summed E-state index contributed by atoms with van der Waals surface area (Å²) in [5.41, 5.74) is 1.16. The van der Waals surface area contributed by atoms with Gasteiger partial charge in [-0.3, -0.25) is 4.79 Å². The predicted molar refractivity (Wildman–Crippen MR) is 132 cm³/mol. The Balaban J connectivity index is 1.28. The Hall–Kier alpha value is -2.66. The van der Waals surface area contributed by atoms with Crippen molar-refractivity contribution >= 4 is 21.6 Å². The molecular formula is C25H33N3O6S. The number of carbonyl (C=O) groups is 1. The van der Waals surface area contributed by atoms with Crippen molar-refractivity contribution in [3.05, 3.63) is 54.6 Å².